The highest BCUT2D eigenvalue weighted by molar-refractivity contribution is 4.58. The largest absolute Gasteiger partial charge is 0.376 e. The van der Waals surface area contributed by atoms with Crippen LogP contribution in [0.2, 0.25) is 0 Å². The molecule has 0 heterocycles. The SMILES string of the molecule is CCCCCCCCCCCCOC(C)(C)C. The summed E-state index contributed by atoms with van der Waals surface area (Å²) in [6.07, 6.45) is 13.9. The highest BCUT2D eigenvalue weighted by atomic mass is 16.5. The molecule has 0 N–H and O–H groups in total. The van der Waals surface area contributed by atoms with Crippen LogP contribution in [0.1, 0.15) is 91.9 Å². The lowest BCUT2D eigenvalue weighted by Crippen LogP contribution is -2.19. The number of rotatable bonds is 11. The van der Waals surface area contributed by atoms with E-state index in [2.05, 4.69) is 27.7 Å². The Morgan fingerprint density at radius 1 is 0.647 bits per heavy atom. The Kier molecular flexibility index (Phi) is 11.0. The summed E-state index contributed by atoms with van der Waals surface area (Å²) in [7, 11) is 0. The lowest BCUT2D eigenvalue weighted by Gasteiger charge is -2.19. The van der Waals surface area contributed by atoms with E-state index in [9.17, 15) is 0 Å². The van der Waals surface area contributed by atoms with E-state index in [1.165, 1.54) is 64.2 Å². The smallest absolute Gasteiger partial charge is 0.0598 e. The molecule has 1 nitrogen and oxygen atoms in total. The van der Waals surface area contributed by atoms with E-state index in [1.54, 1.807) is 0 Å². The van der Waals surface area contributed by atoms with Crippen molar-refractivity contribution < 1.29 is 4.74 Å². The molecule has 0 fully saturated rings. The normalized spacial score (nSPS) is 12.0. The van der Waals surface area contributed by atoms with Gasteiger partial charge in [0.15, 0.2) is 0 Å². The zero-order valence-corrected chi connectivity index (χ0v) is 12.7. The molecule has 0 spiro atoms. The predicted octanol–water partition coefficient (Wildman–Crippen LogP) is 5.72. The van der Waals surface area contributed by atoms with Crippen LogP contribution in [-0.2, 0) is 4.74 Å². The lowest BCUT2D eigenvalue weighted by molar-refractivity contribution is -0.00474. The van der Waals surface area contributed by atoms with Crippen LogP contribution < -0.4 is 0 Å². The summed E-state index contributed by atoms with van der Waals surface area (Å²) in [5.74, 6) is 0. The molecule has 0 aliphatic carbocycles. The van der Waals surface area contributed by atoms with Crippen LogP contribution in [0.25, 0.3) is 0 Å². The van der Waals surface area contributed by atoms with Crippen molar-refractivity contribution in [2.75, 3.05) is 6.61 Å². The molecule has 0 amide bonds. The summed E-state index contributed by atoms with van der Waals surface area (Å²) < 4.78 is 5.70. The highest BCUT2D eigenvalue weighted by Gasteiger charge is 2.08. The van der Waals surface area contributed by atoms with Gasteiger partial charge in [-0.05, 0) is 27.2 Å². The molecule has 17 heavy (non-hydrogen) atoms. The van der Waals surface area contributed by atoms with Crippen LogP contribution in [0, 0.1) is 0 Å². The van der Waals surface area contributed by atoms with Gasteiger partial charge >= 0.3 is 0 Å². The first-order valence-electron chi connectivity index (χ1n) is 7.70. The van der Waals surface area contributed by atoms with Crippen molar-refractivity contribution in [3.63, 3.8) is 0 Å². The number of unbranched alkanes of at least 4 members (excludes halogenated alkanes) is 9. The van der Waals surface area contributed by atoms with Gasteiger partial charge in [-0.3, -0.25) is 0 Å². The molecule has 0 rings (SSSR count). The second-order valence-electron chi connectivity index (χ2n) is 6.14. The summed E-state index contributed by atoms with van der Waals surface area (Å²) >= 11 is 0. The van der Waals surface area contributed by atoms with Crippen molar-refractivity contribution in [3.05, 3.63) is 0 Å². The van der Waals surface area contributed by atoms with E-state index < -0.39 is 0 Å². The van der Waals surface area contributed by atoms with E-state index >= 15 is 0 Å². The average molecular weight is 242 g/mol. The summed E-state index contributed by atoms with van der Waals surface area (Å²) in [5.41, 5.74) is 0.0410. The van der Waals surface area contributed by atoms with E-state index in [1.807, 2.05) is 0 Å². The van der Waals surface area contributed by atoms with Crippen molar-refractivity contribution in [1.29, 1.82) is 0 Å². The maximum Gasteiger partial charge on any atom is 0.0598 e. The van der Waals surface area contributed by atoms with Crippen molar-refractivity contribution >= 4 is 0 Å². The van der Waals surface area contributed by atoms with E-state index in [-0.39, 0.29) is 5.60 Å². The topological polar surface area (TPSA) is 9.23 Å². The molecule has 1 heteroatoms. The zero-order valence-electron chi connectivity index (χ0n) is 12.7. The van der Waals surface area contributed by atoms with Crippen molar-refractivity contribution in [3.8, 4) is 0 Å². The fourth-order valence-corrected chi connectivity index (χ4v) is 1.97. The van der Waals surface area contributed by atoms with Gasteiger partial charge in [-0.1, -0.05) is 64.7 Å². The van der Waals surface area contributed by atoms with Gasteiger partial charge in [0, 0.05) is 6.61 Å². The van der Waals surface area contributed by atoms with E-state index in [4.69, 9.17) is 4.74 Å². The summed E-state index contributed by atoms with van der Waals surface area (Å²) in [4.78, 5) is 0. The molecule has 0 aliphatic rings. The zero-order chi connectivity index (χ0) is 13.0. The molecule has 0 unspecified atom stereocenters. The van der Waals surface area contributed by atoms with Crippen molar-refractivity contribution in [1.82, 2.24) is 0 Å². The third kappa shape index (κ3) is 16.0. The maximum absolute atomic E-state index is 5.70. The predicted molar refractivity (Wildman–Crippen MR) is 77.5 cm³/mol. The third-order valence-corrected chi connectivity index (χ3v) is 3.03. The quantitative estimate of drug-likeness (QED) is 0.421. The molecule has 0 saturated heterocycles. The second-order valence-corrected chi connectivity index (χ2v) is 6.14. The van der Waals surface area contributed by atoms with Gasteiger partial charge in [0.2, 0.25) is 0 Å². The molecule has 0 aromatic heterocycles. The Labute approximate surface area is 109 Å². The highest BCUT2D eigenvalue weighted by Crippen LogP contribution is 2.12. The molecule has 0 radical (unpaired) electrons. The van der Waals surface area contributed by atoms with Crippen LogP contribution in [0.4, 0.5) is 0 Å². The fraction of sp³-hybridized carbons (Fsp3) is 1.00. The fourth-order valence-electron chi connectivity index (χ4n) is 1.97. The van der Waals surface area contributed by atoms with E-state index in [0.29, 0.717) is 0 Å². The first-order valence-corrected chi connectivity index (χ1v) is 7.70. The Balaban J connectivity index is 2.99. The number of hydrogen-bond donors (Lipinski definition) is 0. The third-order valence-electron chi connectivity index (χ3n) is 3.03. The van der Waals surface area contributed by atoms with Crippen molar-refractivity contribution in [2.24, 2.45) is 0 Å². The average Bonchev–Trinajstić information content (AvgIpc) is 2.24. The Morgan fingerprint density at radius 2 is 1.06 bits per heavy atom. The summed E-state index contributed by atoms with van der Waals surface area (Å²) in [6, 6.07) is 0. The molecule has 0 aromatic carbocycles. The van der Waals surface area contributed by atoms with Gasteiger partial charge in [-0.15, -0.1) is 0 Å². The number of hydrogen-bond acceptors (Lipinski definition) is 1. The van der Waals surface area contributed by atoms with Gasteiger partial charge < -0.3 is 4.74 Å². The minimum Gasteiger partial charge on any atom is -0.376 e. The van der Waals surface area contributed by atoms with Gasteiger partial charge in [-0.25, -0.2) is 0 Å². The number of ether oxygens (including phenoxy) is 1. The van der Waals surface area contributed by atoms with Crippen LogP contribution in [0.5, 0.6) is 0 Å². The van der Waals surface area contributed by atoms with Crippen LogP contribution in [0.15, 0.2) is 0 Å². The molecule has 0 aliphatic heterocycles. The standard InChI is InChI=1S/C16H34O/c1-5-6-7-8-9-10-11-12-13-14-15-17-16(2,3)4/h5-15H2,1-4H3. The van der Waals surface area contributed by atoms with Crippen LogP contribution in [0.3, 0.4) is 0 Å². The molecule has 104 valence electrons. The molecular weight excluding hydrogens is 208 g/mol. The maximum atomic E-state index is 5.70. The summed E-state index contributed by atoms with van der Waals surface area (Å²) in [6.45, 7) is 9.59. The minimum atomic E-state index is 0.0410. The van der Waals surface area contributed by atoms with Crippen molar-refractivity contribution in [2.45, 2.75) is 97.5 Å². The summed E-state index contributed by atoms with van der Waals surface area (Å²) in [5, 5.41) is 0. The molecular formula is C16H34O. The van der Waals surface area contributed by atoms with Crippen LogP contribution >= 0.6 is 0 Å². The van der Waals surface area contributed by atoms with Crippen LogP contribution in [-0.4, -0.2) is 12.2 Å². The monoisotopic (exact) mass is 242 g/mol. The van der Waals surface area contributed by atoms with Gasteiger partial charge in [-0.2, -0.15) is 0 Å². The molecule has 0 atom stereocenters. The lowest BCUT2D eigenvalue weighted by atomic mass is 10.1. The molecule has 0 aromatic rings. The Bertz CT molecular complexity index is 146. The molecule has 0 saturated carbocycles. The molecule has 0 bridgehead atoms. The van der Waals surface area contributed by atoms with Gasteiger partial charge in [0.25, 0.3) is 0 Å². The van der Waals surface area contributed by atoms with Gasteiger partial charge in [0.1, 0.15) is 0 Å². The Hall–Kier alpha value is -0.0400. The second kappa shape index (κ2) is 11.1. The minimum absolute atomic E-state index is 0.0410. The van der Waals surface area contributed by atoms with E-state index in [0.717, 1.165) is 6.61 Å². The first kappa shape index (κ1) is 17.0. The Morgan fingerprint density at radius 3 is 1.47 bits per heavy atom. The first-order chi connectivity index (χ1) is 8.06. The van der Waals surface area contributed by atoms with Gasteiger partial charge in [0.05, 0.1) is 5.60 Å².